The highest BCUT2D eigenvalue weighted by Gasteiger charge is 2.33. The number of fused-ring (bicyclic) bond motifs is 1. The number of hydrogen-bond acceptors (Lipinski definition) is 7. The van der Waals surface area contributed by atoms with Gasteiger partial charge in [0.05, 0.1) is 18.9 Å². The Balaban J connectivity index is 1.52. The molecule has 0 N–H and O–H groups in total. The monoisotopic (exact) mass is 447 g/mol. The van der Waals surface area contributed by atoms with E-state index in [2.05, 4.69) is 4.37 Å². The minimum Gasteiger partial charge on any atom is -0.497 e. The van der Waals surface area contributed by atoms with E-state index < -0.39 is 10.0 Å². The van der Waals surface area contributed by atoms with Crippen molar-refractivity contribution in [3.63, 3.8) is 0 Å². The summed E-state index contributed by atoms with van der Waals surface area (Å²) >= 11 is 1.29. The molecule has 0 unspecified atom stereocenters. The first-order valence-corrected chi connectivity index (χ1v) is 11.5. The summed E-state index contributed by atoms with van der Waals surface area (Å²) in [6.07, 6.45) is 0. The van der Waals surface area contributed by atoms with Gasteiger partial charge < -0.3 is 14.4 Å². The van der Waals surface area contributed by atoms with Gasteiger partial charge >= 0.3 is 0 Å². The molecule has 1 aliphatic heterocycles. The number of carbonyl (C=O) groups is 1. The lowest BCUT2D eigenvalue weighted by molar-refractivity contribution is 0.0695. The molecule has 0 radical (unpaired) electrons. The Bertz CT molecular complexity index is 1180. The Morgan fingerprint density at radius 3 is 2.47 bits per heavy atom. The molecular weight excluding hydrogens is 426 g/mol. The van der Waals surface area contributed by atoms with Gasteiger partial charge in [-0.25, -0.2) is 8.42 Å². The SMILES string of the molecule is COc1ccc(OC)c(S(=O)(=O)N2CCN(C(=O)c3nsc4ccccc34)CC2)c1. The second-order valence-corrected chi connectivity index (χ2v) is 9.45. The number of aromatic nitrogens is 1. The van der Waals surface area contributed by atoms with Crippen LogP contribution in [0.15, 0.2) is 47.4 Å². The number of ether oxygens (including phenoxy) is 2. The van der Waals surface area contributed by atoms with Gasteiger partial charge in [0.25, 0.3) is 5.91 Å². The van der Waals surface area contributed by atoms with E-state index in [1.807, 2.05) is 24.3 Å². The third kappa shape index (κ3) is 3.62. The quantitative estimate of drug-likeness (QED) is 0.597. The maximum atomic E-state index is 13.2. The molecule has 1 fully saturated rings. The molecule has 0 spiro atoms. The Labute approximate surface area is 178 Å². The summed E-state index contributed by atoms with van der Waals surface area (Å²) in [5, 5.41) is 0.823. The zero-order valence-electron chi connectivity index (χ0n) is 16.6. The van der Waals surface area contributed by atoms with E-state index in [4.69, 9.17) is 9.47 Å². The number of hydrogen-bond donors (Lipinski definition) is 0. The summed E-state index contributed by atoms with van der Waals surface area (Å²) < 4.78 is 43.4. The summed E-state index contributed by atoms with van der Waals surface area (Å²) in [6, 6.07) is 12.3. The first-order valence-electron chi connectivity index (χ1n) is 9.31. The van der Waals surface area contributed by atoms with Crippen molar-refractivity contribution in [2.45, 2.75) is 4.90 Å². The number of nitrogens with zero attached hydrogens (tertiary/aromatic N) is 3. The minimum absolute atomic E-state index is 0.0506. The topological polar surface area (TPSA) is 89.0 Å². The van der Waals surface area contributed by atoms with E-state index >= 15 is 0 Å². The van der Waals surface area contributed by atoms with Crippen LogP contribution in [0.25, 0.3) is 10.1 Å². The molecule has 30 heavy (non-hydrogen) atoms. The lowest BCUT2D eigenvalue weighted by atomic mass is 10.2. The number of sulfonamides is 1. The lowest BCUT2D eigenvalue weighted by Crippen LogP contribution is -2.50. The highest BCUT2D eigenvalue weighted by Crippen LogP contribution is 2.31. The van der Waals surface area contributed by atoms with Gasteiger partial charge in [0, 0.05) is 37.6 Å². The zero-order chi connectivity index (χ0) is 21.3. The molecular formula is C20H21N3O5S2. The van der Waals surface area contributed by atoms with Crippen molar-refractivity contribution in [1.82, 2.24) is 13.6 Å². The largest absolute Gasteiger partial charge is 0.497 e. The Morgan fingerprint density at radius 1 is 1.03 bits per heavy atom. The molecule has 1 amide bonds. The molecule has 0 saturated carbocycles. The van der Waals surface area contributed by atoms with Gasteiger partial charge in [-0.15, -0.1) is 0 Å². The fraction of sp³-hybridized carbons (Fsp3) is 0.300. The molecule has 10 heteroatoms. The molecule has 2 heterocycles. The van der Waals surface area contributed by atoms with Crippen LogP contribution in [0, 0.1) is 0 Å². The third-order valence-electron chi connectivity index (χ3n) is 5.09. The molecule has 4 rings (SSSR count). The third-order valence-corrected chi connectivity index (χ3v) is 7.84. The van der Waals surface area contributed by atoms with Gasteiger partial charge in [0.15, 0.2) is 0 Å². The van der Waals surface area contributed by atoms with E-state index in [-0.39, 0.29) is 42.7 Å². The number of piperazine rings is 1. The molecule has 1 aliphatic rings. The highest BCUT2D eigenvalue weighted by molar-refractivity contribution is 7.89. The van der Waals surface area contributed by atoms with Crippen LogP contribution >= 0.6 is 11.5 Å². The maximum Gasteiger partial charge on any atom is 0.274 e. The summed E-state index contributed by atoms with van der Waals surface area (Å²) in [5.41, 5.74) is 0.418. The van der Waals surface area contributed by atoms with Crippen LogP contribution in [0.3, 0.4) is 0 Å². The molecule has 2 aromatic carbocycles. The normalized spacial score (nSPS) is 15.3. The van der Waals surface area contributed by atoms with Crippen molar-refractivity contribution >= 4 is 37.5 Å². The van der Waals surface area contributed by atoms with Crippen LogP contribution in [0.2, 0.25) is 0 Å². The number of carbonyl (C=O) groups excluding carboxylic acids is 1. The van der Waals surface area contributed by atoms with E-state index in [1.165, 1.54) is 36.1 Å². The summed E-state index contributed by atoms with van der Waals surface area (Å²) in [4.78, 5) is 14.7. The Morgan fingerprint density at radius 2 is 1.77 bits per heavy atom. The van der Waals surface area contributed by atoms with Gasteiger partial charge in [-0.2, -0.15) is 8.68 Å². The number of benzene rings is 2. The van der Waals surface area contributed by atoms with E-state index in [9.17, 15) is 13.2 Å². The van der Waals surface area contributed by atoms with Crippen molar-refractivity contribution in [3.8, 4) is 11.5 Å². The second-order valence-electron chi connectivity index (χ2n) is 6.74. The molecule has 8 nitrogen and oxygen atoms in total. The second kappa shape index (κ2) is 8.21. The smallest absolute Gasteiger partial charge is 0.274 e. The standard InChI is InChI=1S/C20H21N3O5S2/c1-27-14-7-8-16(28-2)18(13-14)30(25,26)23-11-9-22(10-12-23)20(24)19-15-5-3-4-6-17(15)29-21-19/h3-8,13H,9-12H2,1-2H3. The van der Waals surface area contributed by atoms with Crippen LogP contribution in [-0.4, -0.2) is 68.3 Å². The molecule has 1 aromatic heterocycles. The van der Waals surface area contributed by atoms with Crippen LogP contribution in [0.1, 0.15) is 10.5 Å². The first kappa shape index (κ1) is 20.6. The Hall–Kier alpha value is -2.69. The fourth-order valence-corrected chi connectivity index (χ4v) is 5.81. The average Bonchev–Trinajstić information content (AvgIpc) is 3.22. The average molecular weight is 448 g/mol. The zero-order valence-corrected chi connectivity index (χ0v) is 18.2. The number of methoxy groups -OCH3 is 2. The van der Waals surface area contributed by atoms with Gasteiger partial charge in [-0.3, -0.25) is 4.79 Å². The Kier molecular flexibility index (Phi) is 5.63. The van der Waals surface area contributed by atoms with Crippen molar-refractivity contribution in [2.75, 3.05) is 40.4 Å². The van der Waals surface area contributed by atoms with Crippen LogP contribution in [0.4, 0.5) is 0 Å². The predicted molar refractivity (Wildman–Crippen MR) is 114 cm³/mol. The fourth-order valence-electron chi connectivity index (χ4n) is 3.45. The van der Waals surface area contributed by atoms with E-state index in [1.54, 1.807) is 17.0 Å². The minimum atomic E-state index is -3.80. The van der Waals surface area contributed by atoms with E-state index in [0.717, 1.165) is 10.1 Å². The summed E-state index contributed by atoms with van der Waals surface area (Å²) in [7, 11) is -0.895. The van der Waals surface area contributed by atoms with Crippen molar-refractivity contribution in [2.24, 2.45) is 0 Å². The van der Waals surface area contributed by atoms with Crippen molar-refractivity contribution < 1.29 is 22.7 Å². The summed E-state index contributed by atoms with van der Waals surface area (Å²) in [5.74, 6) is 0.505. The lowest BCUT2D eigenvalue weighted by Gasteiger charge is -2.34. The van der Waals surface area contributed by atoms with Crippen molar-refractivity contribution in [1.29, 1.82) is 0 Å². The van der Waals surface area contributed by atoms with Gasteiger partial charge in [-0.1, -0.05) is 18.2 Å². The first-order chi connectivity index (χ1) is 14.5. The molecule has 1 saturated heterocycles. The molecule has 0 atom stereocenters. The maximum absolute atomic E-state index is 13.2. The van der Waals surface area contributed by atoms with Crippen LogP contribution in [-0.2, 0) is 10.0 Å². The molecule has 3 aromatic rings. The summed E-state index contributed by atoms with van der Waals surface area (Å²) in [6.45, 7) is 0.958. The van der Waals surface area contributed by atoms with Crippen LogP contribution < -0.4 is 9.47 Å². The highest BCUT2D eigenvalue weighted by atomic mass is 32.2. The molecule has 0 bridgehead atoms. The van der Waals surface area contributed by atoms with Crippen molar-refractivity contribution in [3.05, 3.63) is 48.2 Å². The van der Waals surface area contributed by atoms with Gasteiger partial charge in [-0.05, 0) is 29.7 Å². The number of rotatable bonds is 5. The van der Waals surface area contributed by atoms with Crippen LogP contribution in [0.5, 0.6) is 11.5 Å². The van der Waals surface area contributed by atoms with Gasteiger partial charge in [0.2, 0.25) is 10.0 Å². The number of amides is 1. The predicted octanol–water partition coefficient (Wildman–Crippen LogP) is 2.46. The van der Waals surface area contributed by atoms with Gasteiger partial charge in [0.1, 0.15) is 22.1 Å². The molecule has 158 valence electrons. The molecule has 0 aliphatic carbocycles. The van der Waals surface area contributed by atoms with E-state index in [0.29, 0.717) is 11.4 Å².